The minimum absolute atomic E-state index is 0.0690. The number of aromatic nitrogens is 1. The number of alkyl halides is 3. The zero-order valence-corrected chi connectivity index (χ0v) is 11.6. The Bertz CT molecular complexity index is 475. The molecule has 2 rings (SSSR count). The van der Waals surface area contributed by atoms with Gasteiger partial charge in [0.15, 0.2) is 0 Å². The predicted octanol–water partition coefficient (Wildman–Crippen LogP) is 2.45. The maximum absolute atomic E-state index is 12.9. The largest absolute Gasteiger partial charge is 0.393 e. The highest BCUT2D eigenvalue weighted by molar-refractivity contribution is 7.09. The Hall–Kier alpha value is -1.15. The summed E-state index contributed by atoms with van der Waals surface area (Å²) in [4.78, 5) is 15.9. The van der Waals surface area contributed by atoms with Gasteiger partial charge in [-0.05, 0) is 12.8 Å². The Morgan fingerprint density at radius 2 is 2.15 bits per heavy atom. The molecule has 1 amide bonds. The summed E-state index contributed by atoms with van der Waals surface area (Å²) >= 11 is 1.23. The van der Waals surface area contributed by atoms with Gasteiger partial charge in [0.25, 0.3) is 5.91 Å². The van der Waals surface area contributed by atoms with Gasteiger partial charge in [-0.2, -0.15) is 13.2 Å². The second-order valence-corrected chi connectivity index (χ2v) is 5.79. The smallest absolute Gasteiger partial charge is 0.347 e. The highest BCUT2D eigenvalue weighted by Crippen LogP contribution is 2.37. The second kappa shape index (κ2) is 6.09. The number of carbonyl (C=O) groups is 1. The maximum atomic E-state index is 12.9. The fourth-order valence-corrected chi connectivity index (χ4v) is 3.10. The molecule has 2 unspecified atom stereocenters. The lowest BCUT2D eigenvalue weighted by Crippen LogP contribution is -2.47. The first kappa shape index (κ1) is 15.2. The number of nitrogens with two attached hydrogens (primary N) is 1. The van der Waals surface area contributed by atoms with Gasteiger partial charge in [0, 0.05) is 18.0 Å². The van der Waals surface area contributed by atoms with Crippen LogP contribution in [0, 0.1) is 5.92 Å². The number of carbonyl (C=O) groups excluding carboxylic acids is 1. The zero-order valence-electron chi connectivity index (χ0n) is 10.7. The maximum Gasteiger partial charge on any atom is 0.393 e. The molecule has 0 aromatic carbocycles. The van der Waals surface area contributed by atoms with Crippen LogP contribution in [0.3, 0.4) is 0 Å². The molecule has 1 heterocycles. The van der Waals surface area contributed by atoms with Crippen LogP contribution in [-0.2, 0) is 6.54 Å². The van der Waals surface area contributed by atoms with E-state index in [4.69, 9.17) is 5.73 Å². The first-order valence-electron chi connectivity index (χ1n) is 6.44. The summed E-state index contributed by atoms with van der Waals surface area (Å²) in [7, 11) is 0. The second-order valence-electron chi connectivity index (χ2n) is 4.84. The Labute approximate surface area is 118 Å². The van der Waals surface area contributed by atoms with Gasteiger partial charge >= 0.3 is 6.18 Å². The van der Waals surface area contributed by atoms with Crippen molar-refractivity contribution in [2.75, 3.05) is 0 Å². The lowest BCUT2D eigenvalue weighted by atomic mass is 9.84. The quantitative estimate of drug-likeness (QED) is 0.901. The van der Waals surface area contributed by atoms with Crippen molar-refractivity contribution in [2.45, 2.75) is 44.4 Å². The molecular formula is C12H16F3N3OS. The van der Waals surface area contributed by atoms with Crippen molar-refractivity contribution in [1.82, 2.24) is 10.3 Å². The van der Waals surface area contributed by atoms with Gasteiger partial charge in [-0.15, -0.1) is 11.3 Å². The molecule has 1 aliphatic rings. The predicted molar refractivity (Wildman–Crippen MR) is 69.3 cm³/mol. The van der Waals surface area contributed by atoms with E-state index in [0.29, 0.717) is 24.3 Å². The number of hydrogen-bond acceptors (Lipinski definition) is 4. The van der Waals surface area contributed by atoms with Crippen LogP contribution in [0.25, 0.3) is 0 Å². The van der Waals surface area contributed by atoms with Crippen molar-refractivity contribution in [2.24, 2.45) is 11.7 Å². The molecule has 1 fully saturated rings. The molecule has 4 nitrogen and oxygen atoms in total. The third-order valence-corrected chi connectivity index (χ3v) is 4.33. The molecule has 0 bridgehead atoms. The van der Waals surface area contributed by atoms with Gasteiger partial charge in [0.1, 0.15) is 10.7 Å². The summed E-state index contributed by atoms with van der Waals surface area (Å²) in [6.07, 6.45) is -2.61. The van der Waals surface area contributed by atoms with Crippen molar-refractivity contribution in [3.63, 3.8) is 0 Å². The van der Waals surface area contributed by atoms with Gasteiger partial charge in [-0.25, -0.2) is 4.98 Å². The van der Waals surface area contributed by atoms with Crippen molar-refractivity contribution < 1.29 is 18.0 Å². The third-order valence-electron chi connectivity index (χ3n) is 3.46. The van der Waals surface area contributed by atoms with E-state index in [9.17, 15) is 18.0 Å². The molecule has 0 spiro atoms. The number of nitrogens with zero attached hydrogens (tertiary/aromatic N) is 1. The number of halogens is 3. The van der Waals surface area contributed by atoms with Gasteiger partial charge in [-0.1, -0.05) is 12.8 Å². The lowest BCUT2D eigenvalue weighted by molar-refractivity contribution is -0.187. The molecule has 0 aliphatic heterocycles. The minimum Gasteiger partial charge on any atom is -0.347 e. The van der Waals surface area contributed by atoms with E-state index in [1.807, 2.05) is 0 Å². The summed E-state index contributed by atoms with van der Waals surface area (Å²) in [6, 6.07) is -0.862. The summed E-state index contributed by atoms with van der Waals surface area (Å²) in [5.41, 5.74) is 5.53. The van der Waals surface area contributed by atoms with Crippen LogP contribution in [0.5, 0.6) is 0 Å². The molecule has 8 heteroatoms. The summed E-state index contributed by atoms with van der Waals surface area (Å²) in [6.45, 7) is 0.215. The summed E-state index contributed by atoms with van der Waals surface area (Å²) < 4.78 is 38.8. The van der Waals surface area contributed by atoms with E-state index in [1.165, 1.54) is 16.7 Å². The van der Waals surface area contributed by atoms with Crippen LogP contribution in [-0.4, -0.2) is 23.1 Å². The van der Waals surface area contributed by atoms with Crippen LogP contribution in [0.4, 0.5) is 13.2 Å². The Morgan fingerprint density at radius 1 is 1.45 bits per heavy atom. The first-order valence-corrected chi connectivity index (χ1v) is 7.32. The molecule has 1 saturated carbocycles. The first-order chi connectivity index (χ1) is 9.41. The molecule has 20 heavy (non-hydrogen) atoms. The number of hydrogen-bond donors (Lipinski definition) is 2. The fourth-order valence-electron chi connectivity index (χ4n) is 2.45. The van der Waals surface area contributed by atoms with E-state index in [-0.39, 0.29) is 18.7 Å². The number of amides is 1. The molecule has 0 saturated heterocycles. The van der Waals surface area contributed by atoms with Crippen LogP contribution in [0.1, 0.15) is 41.2 Å². The van der Waals surface area contributed by atoms with Crippen LogP contribution < -0.4 is 11.1 Å². The standard InChI is InChI=1S/C12H16F3N3OS/c13-12(14,15)7-3-1-2-4-8(7)18-11(19)9-6-20-10(5-16)17-9/h6-8H,1-5,16H2,(H,18,19). The lowest BCUT2D eigenvalue weighted by Gasteiger charge is -2.33. The topological polar surface area (TPSA) is 68.0 Å². The normalized spacial score (nSPS) is 23.6. The Balaban J connectivity index is 2.05. The summed E-state index contributed by atoms with van der Waals surface area (Å²) in [5, 5.41) is 4.58. The summed E-state index contributed by atoms with van der Waals surface area (Å²) in [5.74, 6) is -2.02. The number of rotatable bonds is 3. The molecular weight excluding hydrogens is 291 g/mol. The van der Waals surface area contributed by atoms with Crippen LogP contribution in [0.2, 0.25) is 0 Å². The van der Waals surface area contributed by atoms with E-state index in [0.717, 1.165) is 0 Å². The highest BCUT2D eigenvalue weighted by Gasteiger charge is 2.46. The van der Waals surface area contributed by atoms with Crippen molar-refractivity contribution in [1.29, 1.82) is 0 Å². The van der Waals surface area contributed by atoms with Gasteiger partial charge in [0.05, 0.1) is 5.92 Å². The number of thiazole rings is 1. The Kier molecular flexibility index (Phi) is 4.64. The molecule has 1 aromatic heterocycles. The zero-order chi connectivity index (χ0) is 14.8. The molecule has 3 N–H and O–H groups in total. The molecule has 0 radical (unpaired) electrons. The fraction of sp³-hybridized carbons (Fsp3) is 0.667. The van der Waals surface area contributed by atoms with Crippen LogP contribution in [0.15, 0.2) is 5.38 Å². The van der Waals surface area contributed by atoms with Crippen molar-refractivity contribution >= 4 is 17.2 Å². The Morgan fingerprint density at radius 3 is 2.75 bits per heavy atom. The molecule has 1 aromatic rings. The average molecular weight is 307 g/mol. The van der Waals surface area contributed by atoms with Gasteiger partial charge in [-0.3, -0.25) is 4.79 Å². The number of nitrogens with one attached hydrogen (secondary N) is 1. The highest BCUT2D eigenvalue weighted by atomic mass is 32.1. The third kappa shape index (κ3) is 3.49. The molecule has 112 valence electrons. The average Bonchev–Trinajstić information content (AvgIpc) is 2.87. The van der Waals surface area contributed by atoms with Crippen molar-refractivity contribution in [3.8, 4) is 0 Å². The van der Waals surface area contributed by atoms with Crippen LogP contribution >= 0.6 is 11.3 Å². The monoisotopic (exact) mass is 307 g/mol. The van der Waals surface area contributed by atoms with Gasteiger partial charge in [0.2, 0.25) is 0 Å². The van der Waals surface area contributed by atoms with E-state index < -0.39 is 24.0 Å². The minimum atomic E-state index is -4.27. The van der Waals surface area contributed by atoms with E-state index >= 15 is 0 Å². The van der Waals surface area contributed by atoms with Gasteiger partial charge < -0.3 is 11.1 Å². The molecule has 1 aliphatic carbocycles. The SMILES string of the molecule is NCc1nc(C(=O)NC2CCCCC2C(F)(F)F)cs1. The van der Waals surface area contributed by atoms with E-state index in [1.54, 1.807) is 0 Å². The van der Waals surface area contributed by atoms with Crippen molar-refractivity contribution in [3.05, 3.63) is 16.1 Å². The molecule has 2 atom stereocenters. The van der Waals surface area contributed by atoms with E-state index in [2.05, 4.69) is 10.3 Å².